The van der Waals surface area contributed by atoms with E-state index in [0.29, 0.717) is 12.8 Å². The molecule has 4 atom stereocenters. The molecule has 8 heteroatoms. The van der Waals surface area contributed by atoms with E-state index in [0.717, 1.165) is 11.5 Å². The molecular weight excluding hydrogens is 322 g/mol. The van der Waals surface area contributed by atoms with Crippen molar-refractivity contribution in [1.82, 2.24) is 5.32 Å². The van der Waals surface area contributed by atoms with Crippen LogP contribution in [-0.4, -0.2) is 64.2 Å². The summed E-state index contributed by atoms with van der Waals surface area (Å²) in [6.45, 7) is 5.45. The van der Waals surface area contributed by atoms with Crippen molar-refractivity contribution in [1.29, 1.82) is 0 Å². The minimum absolute atomic E-state index is 0.218. The molecule has 0 aliphatic carbocycles. The fraction of sp³-hybridized carbons (Fsp3) is 0.867. The average Bonchev–Trinajstić information content (AvgIpc) is 2.48. The monoisotopic (exact) mass is 349 g/mol. The van der Waals surface area contributed by atoms with Crippen LogP contribution in [0.2, 0.25) is 0 Å². The zero-order chi connectivity index (χ0) is 17.5. The molecule has 1 amide bonds. The molecule has 0 aromatic rings. The first-order valence-corrected chi connectivity index (χ1v) is 9.09. The number of amides is 1. The zero-order valence-corrected chi connectivity index (χ0v) is 14.7. The van der Waals surface area contributed by atoms with Gasteiger partial charge in [-0.1, -0.05) is 13.8 Å². The Balaban J connectivity index is 2.76. The summed E-state index contributed by atoms with van der Waals surface area (Å²) in [7, 11) is 0. The molecule has 0 aromatic heterocycles. The fourth-order valence-corrected chi connectivity index (χ4v) is 3.22. The van der Waals surface area contributed by atoms with E-state index >= 15 is 0 Å². The first kappa shape index (κ1) is 20.2. The lowest BCUT2D eigenvalue weighted by molar-refractivity contribution is -0.295. The van der Waals surface area contributed by atoms with Gasteiger partial charge in [0, 0.05) is 13.3 Å². The minimum Gasteiger partial charge on any atom is -0.477 e. The maximum Gasteiger partial charge on any atom is 0.364 e. The van der Waals surface area contributed by atoms with Crippen molar-refractivity contribution < 1.29 is 29.3 Å². The fourth-order valence-electron chi connectivity index (χ4n) is 2.61. The van der Waals surface area contributed by atoms with Crippen LogP contribution in [0.25, 0.3) is 0 Å². The van der Waals surface area contributed by atoms with E-state index in [-0.39, 0.29) is 18.9 Å². The van der Waals surface area contributed by atoms with E-state index < -0.39 is 30.0 Å². The van der Waals surface area contributed by atoms with Crippen LogP contribution in [-0.2, 0) is 19.1 Å². The van der Waals surface area contributed by atoms with Crippen molar-refractivity contribution in [2.24, 2.45) is 0 Å². The Kier molecular flexibility index (Phi) is 8.32. The Morgan fingerprint density at radius 3 is 2.65 bits per heavy atom. The van der Waals surface area contributed by atoms with Gasteiger partial charge in [-0.15, -0.1) is 0 Å². The van der Waals surface area contributed by atoms with Gasteiger partial charge in [0.1, 0.15) is 0 Å². The van der Waals surface area contributed by atoms with Gasteiger partial charge in [-0.05, 0) is 24.3 Å². The van der Waals surface area contributed by atoms with Gasteiger partial charge in [-0.3, -0.25) is 4.79 Å². The highest BCUT2D eigenvalue weighted by Gasteiger charge is 2.52. The molecule has 1 heterocycles. The Labute approximate surface area is 141 Å². The summed E-state index contributed by atoms with van der Waals surface area (Å²) >= 11 is 1.75. The molecule has 3 N–H and O–H groups in total. The van der Waals surface area contributed by atoms with Gasteiger partial charge >= 0.3 is 5.97 Å². The number of ether oxygens (including phenoxy) is 2. The smallest absolute Gasteiger partial charge is 0.364 e. The molecule has 0 unspecified atom stereocenters. The number of carbonyl (C=O) groups is 2. The number of aliphatic carboxylic acids is 1. The van der Waals surface area contributed by atoms with Crippen LogP contribution < -0.4 is 5.32 Å². The second kappa shape index (κ2) is 9.46. The number of aliphatic hydroxyl groups excluding tert-OH is 1. The predicted molar refractivity (Wildman–Crippen MR) is 87.3 cm³/mol. The summed E-state index contributed by atoms with van der Waals surface area (Å²) in [6.07, 6.45) is -0.724. The van der Waals surface area contributed by atoms with E-state index in [1.807, 2.05) is 6.92 Å². The van der Waals surface area contributed by atoms with Crippen LogP contribution >= 0.6 is 11.8 Å². The summed E-state index contributed by atoms with van der Waals surface area (Å²) in [6, 6.07) is -0.635. The Bertz CT molecular complexity index is 407. The summed E-state index contributed by atoms with van der Waals surface area (Å²) in [5.41, 5.74) is 0. The van der Waals surface area contributed by atoms with E-state index in [1.54, 1.807) is 11.8 Å². The second-order valence-electron chi connectivity index (χ2n) is 5.52. The molecule has 0 spiro atoms. The molecule has 1 aliphatic heterocycles. The second-order valence-corrected chi connectivity index (χ2v) is 6.91. The molecule has 134 valence electrons. The molecule has 1 aliphatic rings. The minimum atomic E-state index is -1.86. The van der Waals surface area contributed by atoms with E-state index in [4.69, 9.17) is 9.47 Å². The highest BCUT2D eigenvalue weighted by molar-refractivity contribution is 7.99. The number of hydrogen-bond donors (Lipinski definition) is 3. The summed E-state index contributed by atoms with van der Waals surface area (Å²) in [5.74, 6) is -1.53. The van der Waals surface area contributed by atoms with E-state index in [9.17, 15) is 19.8 Å². The van der Waals surface area contributed by atoms with Crippen molar-refractivity contribution in [3.63, 3.8) is 0 Å². The van der Waals surface area contributed by atoms with Crippen molar-refractivity contribution in [2.75, 3.05) is 18.1 Å². The van der Waals surface area contributed by atoms with E-state index in [2.05, 4.69) is 12.2 Å². The van der Waals surface area contributed by atoms with Gasteiger partial charge in [0.2, 0.25) is 5.91 Å². The Morgan fingerprint density at radius 1 is 1.43 bits per heavy atom. The van der Waals surface area contributed by atoms with Crippen LogP contribution in [0.3, 0.4) is 0 Å². The average molecular weight is 349 g/mol. The predicted octanol–water partition coefficient (Wildman–Crippen LogP) is 0.992. The maximum atomic E-state index is 11.7. The van der Waals surface area contributed by atoms with Crippen LogP contribution in [0, 0.1) is 0 Å². The topological polar surface area (TPSA) is 105 Å². The lowest BCUT2D eigenvalue weighted by Gasteiger charge is -2.44. The molecule has 0 saturated carbocycles. The third-order valence-corrected chi connectivity index (χ3v) is 4.69. The van der Waals surface area contributed by atoms with Crippen molar-refractivity contribution >= 4 is 23.6 Å². The zero-order valence-electron chi connectivity index (χ0n) is 13.9. The molecule has 0 bridgehead atoms. The largest absolute Gasteiger partial charge is 0.477 e. The van der Waals surface area contributed by atoms with Gasteiger partial charge in [0.25, 0.3) is 5.79 Å². The first-order valence-electron chi connectivity index (χ1n) is 7.94. The third kappa shape index (κ3) is 5.63. The van der Waals surface area contributed by atoms with Crippen LogP contribution in [0.5, 0.6) is 0 Å². The molecular formula is C15H27NO6S. The summed E-state index contributed by atoms with van der Waals surface area (Å²) < 4.78 is 11.2. The quantitative estimate of drug-likeness (QED) is 0.533. The van der Waals surface area contributed by atoms with Crippen molar-refractivity contribution in [2.45, 2.75) is 64.1 Å². The SMILES string of the molecule is CCSCCCO[C@]1(C(=O)O)C[C@H](O)[C@@H](NC(C)=O)[C@H](CC)O1. The number of carboxylic acid groups (broad SMARTS) is 1. The Morgan fingerprint density at radius 2 is 2.13 bits per heavy atom. The standard InChI is InChI=1S/C15H27NO6S/c1-4-12-13(16-10(3)17)11(18)9-15(22-12,14(19)20)21-7-6-8-23-5-2/h11-13,18H,4-9H2,1-3H3,(H,16,17)(H,19,20)/t11-,12-,13+,15+/m0/s1. The van der Waals surface area contributed by atoms with Gasteiger partial charge in [0.15, 0.2) is 0 Å². The van der Waals surface area contributed by atoms with E-state index in [1.165, 1.54) is 6.92 Å². The number of carbonyl (C=O) groups excluding carboxylic acids is 1. The third-order valence-electron chi connectivity index (χ3n) is 3.71. The number of hydrogen-bond acceptors (Lipinski definition) is 6. The van der Waals surface area contributed by atoms with Gasteiger partial charge in [-0.2, -0.15) is 11.8 Å². The molecule has 1 saturated heterocycles. The maximum absolute atomic E-state index is 11.7. The Hall–Kier alpha value is -0.830. The lowest BCUT2D eigenvalue weighted by Crippen LogP contribution is -2.63. The molecule has 0 radical (unpaired) electrons. The highest BCUT2D eigenvalue weighted by atomic mass is 32.2. The number of aliphatic hydroxyl groups is 1. The summed E-state index contributed by atoms with van der Waals surface area (Å²) in [4.78, 5) is 22.9. The number of carboxylic acids is 1. The van der Waals surface area contributed by atoms with Gasteiger partial charge < -0.3 is 25.0 Å². The summed E-state index contributed by atoms with van der Waals surface area (Å²) in [5, 5.41) is 22.5. The first-order chi connectivity index (χ1) is 10.9. The van der Waals surface area contributed by atoms with Crippen LogP contribution in [0.15, 0.2) is 0 Å². The lowest BCUT2D eigenvalue weighted by atomic mass is 9.91. The molecule has 0 aromatic carbocycles. The molecule has 1 rings (SSSR count). The van der Waals surface area contributed by atoms with Crippen molar-refractivity contribution in [3.05, 3.63) is 0 Å². The molecule has 7 nitrogen and oxygen atoms in total. The van der Waals surface area contributed by atoms with Crippen LogP contribution in [0.1, 0.15) is 40.0 Å². The normalized spacial score (nSPS) is 30.9. The van der Waals surface area contributed by atoms with Gasteiger partial charge in [-0.25, -0.2) is 4.79 Å². The van der Waals surface area contributed by atoms with Crippen LogP contribution in [0.4, 0.5) is 0 Å². The molecule has 23 heavy (non-hydrogen) atoms. The van der Waals surface area contributed by atoms with Crippen molar-refractivity contribution in [3.8, 4) is 0 Å². The number of nitrogens with one attached hydrogen (secondary N) is 1. The number of thioether (sulfide) groups is 1. The highest BCUT2D eigenvalue weighted by Crippen LogP contribution is 2.32. The number of rotatable bonds is 9. The molecule has 1 fully saturated rings. The van der Waals surface area contributed by atoms with Gasteiger partial charge in [0.05, 0.1) is 24.9 Å².